The van der Waals surface area contributed by atoms with Crippen molar-refractivity contribution in [3.05, 3.63) is 28.0 Å². The summed E-state index contributed by atoms with van der Waals surface area (Å²) in [7, 11) is 0. The molecule has 0 radical (unpaired) electrons. The van der Waals surface area contributed by atoms with Gasteiger partial charge < -0.3 is 14.3 Å². The molecule has 0 amide bonds. The fourth-order valence-corrected chi connectivity index (χ4v) is 1.10. The van der Waals surface area contributed by atoms with Crippen LogP contribution in [0.2, 0.25) is 0 Å². The van der Waals surface area contributed by atoms with E-state index in [9.17, 15) is 20.0 Å². The summed E-state index contributed by atoms with van der Waals surface area (Å²) in [5.41, 5.74) is 0. The van der Waals surface area contributed by atoms with Crippen LogP contribution in [0.4, 0.5) is 5.88 Å². The zero-order valence-corrected chi connectivity index (χ0v) is 10.5. The van der Waals surface area contributed by atoms with Crippen LogP contribution < -0.4 is 0 Å². The first-order valence-electron chi connectivity index (χ1n) is 5.58. The van der Waals surface area contributed by atoms with Gasteiger partial charge in [0, 0.05) is 0 Å². The molecular formula is C12H13NO6. The number of aliphatic hydroxyl groups excluding tert-OH is 1. The lowest BCUT2D eigenvalue weighted by Gasteiger charge is -2.05. The van der Waals surface area contributed by atoms with Gasteiger partial charge in [-0.25, -0.2) is 4.79 Å². The lowest BCUT2D eigenvalue weighted by molar-refractivity contribution is -0.402. The lowest BCUT2D eigenvalue weighted by Crippen LogP contribution is -2.13. The Morgan fingerprint density at radius 3 is 2.79 bits per heavy atom. The molecule has 0 aliphatic carbocycles. The van der Waals surface area contributed by atoms with Crippen molar-refractivity contribution in [1.29, 1.82) is 0 Å². The van der Waals surface area contributed by atoms with Crippen molar-refractivity contribution in [3.63, 3.8) is 0 Å². The molecule has 7 nitrogen and oxygen atoms in total. The SMILES string of the molecule is CCC(O)C#CC(C)OC(=O)c1ccc([N+](=O)[O-])o1. The number of hydrogen-bond donors (Lipinski definition) is 1. The molecule has 102 valence electrons. The largest absolute Gasteiger partial charge is 0.444 e. The summed E-state index contributed by atoms with van der Waals surface area (Å²) < 4.78 is 9.57. The highest BCUT2D eigenvalue weighted by atomic mass is 16.7. The summed E-state index contributed by atoms with van der Waals surface area (Å²) in [6.07, 6.45) is -1.05. The topological polar surface area (TPSA) is 103 Å². The van der Waals surface area contributed by atoms with E-state index in [1.807, 2.05) is 0 Å². The molecule has 2 unspecified atom stereocenters. The molecule has 0 bridgehead atoms. The second kappa shape index (κ2) is 6.56. The van der Waals surface area contributed by atoms with Crippen molar-refractivity contribution >= 4 is 11.9 Å². The van der Waals surface area contributed by atoms with E-state index in [-0.39, 0.29) is 5.76 Å². The van der Waals surface area contributed by atoms with Gasteiger partial charge in [0.25, 0.3) is 0 Å². The number of nitro groups is 1. The Hall–Kier alpha value is -2.33. The zero-order chi connectivity index (χ0) is 14.4. The maximum atomic E-state index is 11.5. The summed E-state index contributed by atoms with van der Waals surface area (Å²) in [6.45, 7) is 3.28. The highest BCUT2D eigenvalue weighted by molar-refractivity contribution is 5.86. The first-order valence-corrected chi connectivity index (χ1v) is 5.58. The number of furan rings is 1. The molecule has 0 saturated heterocycles. The molecule has 0 aromatic carbocycles. The molecule has 1 aromatic heterocycles. The molecule has 0 spiro atoms. The molecule has 19 heavy (non-hydrogen) atoms. The maximum Gasteiger partial charge on any atom is 0.433 e. The number of carbonyl (C=O) groups is 1. The van der Waals surface area contributed by atoms with E-state index in [0.29, 0.717) is 6.42 Å². The molecule has 0 aliphatic heterocycles. The van der Waals surface area contributed by atoms with Crippen molar-refractivity contribution in [3.8, 4) is 11.8 Å². The second-order valence-corrected chi connectivity index (χ2v) is 3.66. The Labute approximate surface area is 109 Å². The van der Waals surface area contributed by atoms with Gasteiger partial charge in [0.2, 0.25) is 5.76 Å². The predicted molar refractivity (Wildman–Crippen MR) is 64.3 cm³/mol. The Morgan fingerprint density at radius 2 is 2.26 bits per heavy atom. The molecule has 2 atom stereocenters. The van der Waals surface area contributed by atoms with Crippen LogP contribution >= 0.6 is 0 Å². The minimum atomic E-state index is -0.846. The van der Waals surface area contributed by atoms with Crippen LogP contribution in [-0.4, -0.2) is 28.2 Å². The van der Waals surface area contributed by atoms with E-state index >= 15 is 0 Å². The fraction of sp³-hybridized carbons (Fsp3) is 0.417. The number of hydrogen-bond acceptors (Lipinski definition) is 6. The van der Waals surface area contributed by atoms with E-state index < -0.39 is 29.0 Å². The smallest absolute Gasteiger partial charge is 0.433 e. The Balaban J connectivity index is 2.62. The number of rotatable bonds is 4. The molecule has 1 aromatic rings. The van der Waals surface area contributed by atoms with Crippen molar-refractivity contribution in [2.45, 2.75) is 32.5 Å². The summed E-state index contributed by atoms with van der Waals surface area (Å²) >= 11 is 0. The zero-order valence-electron chi connectivity index (χ0n) is 10.5. The van der Waals surface area contributed by atoms with Crippen LogP contribution in [0, 0.1) is 22.0 Å². The highest BCUT2D eigenvalue weighted by Gasteiger charge is 2.19. The lowest BCUT2D eigenvalue weighted by atomic mass is 10.2. The Bertz CT molecular complexity index is 524. The van der Waals surface area contributed by atoms with Crippen LogP contribution in [0.25, 0.3) is 0 Å². The van der Waals surface area contributed by atoms with Gasteiger partial charge >= 0.3 is 11.9 Å². The number of esters is 1. The number of ether oxygens (including phenoxy) is 1. The van der Waals surface area contributed by atoms with Gasteiger partial charge in [0.15, 0.2) is 6.10 Å². The van der Waals surface area contributed by atoms with Crippen LogP contribution in [0.15, 0.2) is 16.5 Å². The molecule has 7 heteroatoms. The minimum Gasteiger partial charge on any atom is -0.444 e. The van der Waals surface area contributed by atoms with E-state index in [1.54, 1.807) is 6.92 Å². The van der Waals surface area contributed by atoms with Crippen LogP contribution in [0.5, 0.6) is 0 Å². The molecule has 1 N–H and O–H groups in total. The summed E-state index contributed by atoms with van der Waals surface area (Å²) in [4.78, 5) is 21.2. The number of carbonyl (C=O) groups excluding carboxylic acids is 1. The van der Waals surface area contributed by atoms with Crippen molar-refractivity contribution in [1.82, 2.24) is 0 Å². The van der Waals surface area contributed by atoms with Crippen molar-refractivity contribution in [2.75, 3.05) is 0 Å². The fourth-order valence-electron chi connectivity index (χ4n) is 1.10. The van der Waals surface area contributed by atoms with Gasteiger partial charge in [0.1, 0.15) is 11.0 Å². The first kappa shape index (κ1) is 14.7. The monoisotopic (exact) mass is 267 g/mol. The standard InChI is InChI=1S/C12H13NO6/c1-3-9(14)5-4-8(2)18-12(15)10-6-7-11(19-10)13(16)17/h6-9,14H,3H2,1-2H3. The average Bonchev–Trinajstić information content (AvgIpc) is 2.85. The molecule has 1 rings (SSSR count). The molecule has 0 saturated carbocycles. The van der Waals surface area contributed by atoms with Crippen LogP contribution in [-0.2, 0) is 4.74 Å². The third-order valence-corrected chi connectivity index (χ3v) is 2.10. The molecular weight excluding hydrogens is 254 g/mol. The summed E-state index contributed by atoms with van der Waals surface area (Å²) in [5, 5.41) is 19.6. The van der Waals surface area contributed by atoms with Gasteiger partial charge in [-0.1, -0.05) is 18.8 Å². The van der Waals surface area contributed by atoms with Gasteiger partial charge in [-0.3, -0.25) is 10.1 Å². The normalized spacial score (nSPS) is 13.0. The van der Waals surface area contributed by atoms with Gasteiger partial charge in [-0.2, -0.15) is 0 Å². The van der Waals surface area contributed by atoms with Crippen LogP contribution in [0.1, 0.15) is 30.8 Å². The summed E-state index contributed by atoms with van der Waals surface area (Å²) in [6, 6.07) is 2.22. The third-order valence-electron chi connectivity index (χ3n) is 2.10. The average molecular weight is 267 g/mol. The maximum absolute atomic E-state index is 11.5. The molecule has 0 fully saturated rings. The van der Waals surface area contributed by atoms with Gasteiger partial charge in [-0.15, -0.1) is 0 Å². The Morgan fingerprint density at radius 1 is 1.58 bits per heavy atom. The van der Waals surface area contributed by atoms with Crippen LogP contribution in [0.3, 0.4) is 0 Å². The third kappa shape index (κ3) is 4.44. The van der Waals surface area contributed by atoms with Gasteiger partial charge in [0.05, 0.1) is 6.07 Å². The van der Waals surface area contributed by atoms with E-state index in [2.05, 4.69) is 16.3 Å². The first-order chi connectivity index (χ1) is 8.93. The van der Waals surface area contributed by atoms with Gasteiger partial charge in [-0.05, 0) is 19.4 Å². The quantitative estimate of drug-likeness (QED) is 0.384. The van der Waals surface area contributed by atoms with E-state index in [0.717, 1.165) is 12.1 Å². The number of aliphatic hydroxyl groups is 1. The molecule has 1 heterocycles. The Kier molecular flexibility index (Phi) is 5.09. The predicted octanol–water partition coefficient (Wildman–Crippen LogP) is 1.51. The van der Waals surface area contributed by atoms with Crippen molar-refractivity contribution < 1.29 is 24.0 Å². The number of nitrogens with zero attached hydrogens (tertiary/aromatic N) is 1. The molecule has 0 aliphatic rings. The second-order valence-electron chi connectivity index (χ2n) is 3.66. The van der Waals surface area contributed by atoms with Crippen molar-refractivity contribution in [2.24, 2.45) is 0 Å². The van der Waals surface area contributed by atoms with E-state index in [4.69, 9.17) is 4.74 Å². The summed E-state index contributed by atoms with van der Waals surface area (Å²) in [5.74, 6) is 3.40. The minimum absolute atomic E-state index is 0.267. The highest BCUT2D eigenvalue weighted by Crippen LogP contribution is 2.16. The van der Waals surface area contributed by atoms with E-state index in [1.165, 1.54) is 6.92 Å².